The average Bonchev–Trinajstić information content (AvgIpc) is 2.82. The van der Waals surface area contributed by atoms with Crippen LogP contribution in [0, 0.1) is 5.82 Å². The number of aryl methyl sites for hydroxylation is 1. The van der Waals surface area contributed by atoms with Crippen LogP contribution in [0.4, 0.5) is 4.39 Å². The highest BCUT2D eigenvalue weighted by Crippen LogP contribution is 2.34. The number of carbonyl (C=O) groups is 1. The van der Waals surface area contributed by atoms with E-state index in [2.05, 4.69) is 36.4 Å². The largest absolute Gasteiger partial charge is 0.488 e. The minimum atomic E-state index is -0.268. The third kappa shape index (κ3) is 5.10. The van der Waals surface area contributed by atoms with E-state index in [1.54, 1.807) is 12.1 Å². The van der Waals surface area contributed by atoms with Crippen LogP contribution in [0.1, 0.15) is 17.5 Å². The topological polar surface area (TPSA) is 35.5 Å². The lowest BCUT2D eigenvalue weighted by Gasteiger charge is -2.14. The Kier molecular flexibility index (Phi) is 6.27. The van der Waals surface area contributed by atoms with Gasteiger partial charge in [-0.1, -0.05) is 54.6 Å². The molecule has 0 saturated heterocycles. The molecule has 0 spiro atoms. The Morgan fingerprint density at radius 3 is 2.35 bits per heavy atom. The molecule has 31 heavy (non-hydrogen) atoms. The molecule has 0 atom stereocenters. The van der Waals surface area contributed by atoms with Gasteiger partial charge in [-0.2, -0.15) is 0 Å². The highest BCUT2D eigenvalue weighted by Gasteiger charge is 2.11. The Balaban J connectivity index is 1.66. The van der Waals surface area contributed by atoms with Crippen LogP contribution in [0.15, 0.2) is 84.9 Å². The van der Waals surface area contributed by atoms with E-state index in [0.29, 0.717) is 19.4 Å². The van der Waals surface area contributed by atoms with Gasteiger partial charge in [0.2, 0.25) is 0 Å². The normalized spacial score (nSPS) is 10.8. The Labute approximate surface area is 181 Å². The van der Waals surface area contributed by atoms with Crippen molar-refractivity contribution in [2.75, 3.05) is 7.11 Å². The fraction of sp³-hybridized carbons (Fsp3) is 0.148. The molecule has 4 heteroatoms. The van der Waals surface area contributed by atoms with Crippen LogP contribution in [0.2, 0.25) is 0 Å². The minimum absolute atomic E-state index is 0.233. The molecule has 0 heterocycles. The summed E-state index contributed by atoms with van der Waals surface area (Å²) in [5, 5.41) is 2.31. The van der Waals surface area contributed by atoms with Gasteiger partial charge < -0.3 is 9.47 Å². The van der Waals surface area contributed by atoms with E-state index >= 15 is 0 Å². The molecule has 0 saturated carbocycles. The van der Waals surface area contributed by atoms with E-state index in [1.807, 2.05) is 24.3 Å². The van der Waals surface area contributed by atoms with Crippen LogP contribution in [0.3, 0.4) is 0 Å². The highest BCUT2D eigenvalue weighted by atomic mass is 19.1. The van der Waals surface area contributed by atoms with Crippen LogP contribution < -0.4 is 4.74 Å². The second-order valence-corrected chi connectivity index (χ2v) is 7.38. The van der Waals surface area contributed by atoms with Crippen LogP contribution >= 0.6 is 0 Å². The number of ether oxygens (including phenoxy) is 2. The minimum Gasteiger partial charge on any atom is -0.488 e. The number of methoxy groups -OCH3 is 1. The number of benzene rings is 4. The molecule has 0 aromatic heterocycles. The van der Waals surface area contributed by atoms with Crippen molar-refractivity contribution in [3.8, 4) is 16.9 Å². The van der Waals surface area contributed by atoms with Crippen LogP contribution in [0.5, 0.6) is 5.75 Å². The van der Waals surface area contributed by atoms with E-state index < -0.39 is 0 Å². The SMILES string of the molecule is COC(=O)CCc1ccc(OCc2ccc(F)cc2)c(-c2ccc3ccccc3c2)c1. The monoisotopic (exact) mass is 414 g/mol. The maximum Gasteiger partial charge on any atom is 0.305 e. The lowest BCUT2D eigenvalue weighted by atomic mass is 9.97. The Bertz CT molecular complexity index is 1200. The molecule has 4 aromatic rings. The molecular formula is C27H23FO3. The Morgan fingerprint density at radius 1 is 0.839 bits per heavy atom. The molecule has 3 nitrogen and oxygen atoms in total. The number of halogens is 1. The first-order valence-electron chi connectivity index (χ1n) is 10.2. The maximum absolute atomic E-state index is 13.2. The van der Waals surface area contributed by atoms with Crippen LogP contribution in [-0.2, 0) is 22.6 Å². The molecule has 0 aliphatic heterocycles. The third-order valence-electron chi connectivity index (χ3n) is 5.26. The lowest BCUT2D eigenvalue weighted by molar-refractivity contribution is -0.140. The number of fused-ring (bicyclic) bond motifs is 1. The number of carbonyl (C=O) groups excluding carboxylic acids is 1. The molecule has 4 aromatic carbocycles. The molecule has 4 rings (SSSR count). The van der Waals surface area contributed by atoms with E-state index in [4.69, 9.17) is 9.47 Å². The third-order valence-corrected chi connectivity index (χ3v) is 5.26. The predicted molar refractivity (Wildman–Crippen MR) is 120 cm³/mol. The lowest BCUT2D eigenvalue weighted by Crippen LogP contribution is -2.02. The van der Waals surface area contributed by atoms with Crippen molar-refractivity contribution in [2.24, 2.45) is 0 Å². The van der Waals surface area contributed by atoms with Gasteiger partial charge in [-0.15, -0.1) is 0 Å². The summed E-state index contributed by atoms with van der Waals surface area (Å²) in [5.41, 5.74) is 3.91. The number of rotatable bonds is 7. The van der Waals surface area contributed by atoms with Crippen LogP contribution in [-0.4, -0.2) is 13.1 Å². The van der Waals surface area contributed by atoms with Gasteiger partial charge in [0, 0.05) is 12.0 Å². The molecule has 0 N–H and O–H groups in total. The molecular weight excluding hydrogens is 391 g/mol. The summed E-state index contributed by atoms with van der Waals surface area (Å²) in [7, 11) is 1.40. The Morgan fingerprint density at radius 2 is 1.58 bits per heavy atom. The zero-order valence-electron chi connectivity index (χ0n) is 17.3. The number of hydrogen-bond donors (Lipinski definition) is 0. The summed E-state index contributed by atoms with van der Waals surface area (Å²) in [6.45, 7) is 0.336. The van der Waals surface area contributed by atoms with Crippen LogP contribution in [0.25, 0.3) is 21.9 Å². The molecule has 0 unspecified atom stereocenters. The van der Waals surface area contributed by atoms with E-state index in [9.17, 15) is 9.18 Å². The Hall–Kier alpha value is -3.66. The van der Waals surface area contributed by atoms with E-state index in [-0.39, 0.29) is 11.8 Å². The summed E-state index contributed by atoms with van der Waals surface area (Å²) < 4.78 is 24.1. The summed E-state index contributed by atoms with van der Waals surface area (Å²) in [6.07, 6.45) is 0.912. The predicted octanol–water partition coefficient (Wildman–Crippen LogP) is 6.33. The summed E-state index contributed by atoms with van der Waals surface area (Å²) in [4.78, 5) is 11.6. The molecule has 0 radical (unpaired) electrons. The molecule has 0 aliphatic rings. The molecule has 0 aliphatic carbocycles. The summed E-state index contributed by atoms with van der Waals surface area (Å²) in [5.74, 6) is 0.237. The highest BCUT2D eigenvalue weighted by molar-refractivity contribution is 5.88. The molecule has 156 valence electrons. The second-order valence-electron chi connectivity index (χ2n) is 7.38. The van der Waals surface area contributed by atoms with Gasteiger partial charge in [0.15, 0.2) is 0 Å². The zero-order chi connectivity index (χ0) is 21.6. The van der Waals surface area contributed by atoms with Gasteiger partial charge in [-0.25, -0.2) is 4.39 Å². The standard InChI is InChI=1S/C27H23FO3/c1-30-27(29)15-9-19-8-14-26(31-18-20-6-12-24(28)13-7-20)25(16-19)23-11-10-21-4-2-3-5-22(21)17-23/h2-8,10-14,16-17H,9,15,18H2,1H3. The maximum atomic E-state index is 13.2. The first-order chi connectivity index (χ1) is 15.1. The quantitative estimate of drug-likeness (QED) is 0.332. The van der Waals surface area contributed by atoms with Gasteiger partial charge in [0.25, 0.3) is 0 Å². The van der Waals surface area contributed by atoms with Crippen molar-refractivity contribution >= 4 is 16.7 Å². The van der Waals surface area contributed by atoms with Crippen molar-refractivity contribution < 1.29 is 18.7 Å². The fourth-order valence-electron chi connectivity index (χ4n) is 3.53. The summed E-state index contributed by atoms with van der Waals surface area (Å²) >= 11 is 0. The van der Waals surface area contributed by atoms with Crippen molar-refractivity contribution in [1.82, 2.24) is 0 Å². The first-order valence-corrected chi connectivity index (χ1v) is 10.2. The smallest absolute Gasteiger partial charge is 0.305 e. The van der Waals surface area contributed by atoms with Gasteiger partial charge in [0.1, 0.15) is 18.2 Å². The van der Waals surface area contributed by atoms with Gasteiger partial charge in [0.05, 0.1) is 7.11 Å². The number of hydrogen-bond acceptors (Lipinski definition) is 3. The average molecular weight is 414 g/mol. The second kappa shape index (κ2) is 9.43. The van der Waals surface area contributed by atoms with Crippen molar-refractivity contribution in [1.29, 1.82) is 0 Å². The summed E-state index contributed by atoms with van der Waals surface area (Å²) in [6, 6.07) is 26.8. The van der Waals surface area contributed by atoms with Gasteiger partial charge in [-0.05, 0) is 64.2 Å². The molecule has 0 bridgehead atoms. The van der Waals surface area contributed by atoms with E-state index in [1.165, 1.54) is 24.6 Å². The van der Waals surface area contributed by atoms with E-state index in [0.717, 1.165) is 33.4 Å². The van der Waals surface area contributed by atoms with Crippen molar-refractivity contribution in [2.45, 2.75) is 19.4 Å². The van der Waals surface area contributed by atoms with Gasteiger partial charge in [-0.3, -0.25) is 4.79 Å². The zero-order valence-corrected chi connectivity index (χ0v) is 17.3. The number of esters is 1. The van der Waals surface area contributed by atoms with Crippen molar-refractivity contribution in [3.63, 3.8) is 0 Å². The molecule has 0 amide bonds. The fourth-order valence-corrected chi connectivity index (χ4v) is 3.53. The van der Waals surface area contributed by atoms with Gasteiger partial charge >= 0.3 is 5.97 Å². The van der Waals surface area contributed by atoms with Crippen molar-refractivity contribution in [3.05, 3.63) is 102 Å². The first kappa shape index (κ1) is 20.6. The molecule has 0 fully saturated rings.